The highest BCUT2D eigenvalue weighted by Gasteiger charge is 2.61. The molecule has 5 nitrogen and oxygen atoms in total. The average Bonchev–Trinajstić information content (AvgIpc) is 2.25. The van der Waals surface area contributed by atoms with Gasteiger partial charge in [0.15, 0.2) is 17.0 Å². The molecule has 1 aliphatic carbocycles. The first-order chi connectivity index (χ1) is 9.24. The lowest BCUT2D eigenvalue weighted by atomic mass is 9.63. The number of carbonyl (C=O) groups excluding carboxylic acids is 3. The molecular weight excluding hydrogens is 260 g/mol. The first kappa shape index (κ1) is 14.9. The molecule has 1 aliphatic heterocycles. The van der Waals surface area contributed by atoms with Gasteiger partial charge in [-0.25, -0.2) is 0 Å². The molecule has 1 unspecified atom stereocenters. The highest BCUT2D eigenvalue weighted by molar-refractivity contribution is 6.11. The number of hydrogen-bond donors (Lipinski definition) is 0. The lowest BCUT2D eigenvalue weighted by molar-refractivity contribution is -0.194. The summed E-state index contributed by atoms with van der Waals surface area (Å²) in [5.74, 6) is -0.955. The number of esters is 1. The van der Waals surface area contributed by atoms with Crippen LogP contribution in [0, 0.1) is 5.41 Å². The third-order valence-electron chi connectivity index (χ3n) is 3.95. The van der Waals surface area contributed by atoms with Crippen molar-refractivity contribution in [2.75, 3.05) is 6.61 Å². The zero-order valence-electron chi connectivity index (χ0n) is 12.3. The van der Waals surface area contributed by atoms with Crippen LogP contribution in [0.4, 0.5) is 0 Å². The van der Waals surface area contributed by atoms with E-state index in [0.717, 1.165) is 0 Å². The van der Waals surface area contributed by atoms with Crippen molar-refractivity contribution in [1.82, 2.24) is 0 Å². The van der Waals surface area contributed by atoms with Gasteiger partial charge in [0.25, 0.3) is 0 Å². The molecule has 0 radical (unpaired) electrons. The zero-order chi connectivity index (χ0) is 15.1. The molecule has 0 aromatic heterocycles. The number of rotatable bonds is 2. The van der Waals surface area contributed by atoms with Crippen molar-refractivity contribution in [2.45, 2.75) is 52.2 Å². The minimum Gasteiger partial charge on any atom is -0.465 e. The second-order valence-corrected chi connectivity index (χ2v) is 5.99. The second-order valence-electron chi connectivity index (χ2n) is 5.99. The van der Waals surface area contributed by atoms with E-state index in [-0.39, 0.29) is 31.0 Å². The van der Waals surface area contributed by atoms with Crippen LogP contribution in [0.25, 0.3) is 0 Å². The summed E-state index contributed by atoms with van der Waals surface area (Å²) >= 11 is 0. The smallest absolute Gasteiger partial charge is 0.326 e. The Morgan fingerprint density at radius 2 is 2.10 bits per heavy atom. The summed E-state index contributed by atoms with van der Waals surface area (Å²) in [5.41, 5.74) is -1.69. The van der Waals surface area contributed by atoms with Crippen molar-refractivity contribution in [3.8, 4) is 0 Å². The van der Waals surface area contributed by atoms with Gasteiger partial charge in [-0.2, -0.15) is 0 Å². The highest BCUT2D eigenvalue weighted by Crippen LogP contribution is 2.47. The molecule has 0 amide bonds. The van der Waals surface area contributed by atoms with Crippen LogP contribution in [-0.2, 0) is 23.9 Å². The summed E-state index contributed by atoms with van der Waals surface area (Å²) < 4.78 is 11.0. The van der Waals surface area contributed by atoms with Gasteiger partial charge in [0.2, 0.25) is 0 Å². The first-order valence-electron chi connectivity index (χ1n) is 6.84. The fraction of sp³-hybridized carbons (Fsp3) is 0.667. The number of allylic oxidation sites excluding steroid dienone is 1. The van der Waals surface area contributed by atoms with E-state index in [1.54, 1.807) is 27.7 Å². The first-order valence-corrected chi connectivity index (χ1v) is 6.84. The van der Waals surface area contributed by atoms with Gasteiger partial charge in [0.1, 0.15) is 0 Å². The normalized spacial score (nSPS) is 32.4. The van der Waals surface area contributed by atoms with Crippen LogP contribution in [-0.4, -0.2) is 35.8 Å². The summed E-state index contributed by atoms with van der Waals surface area (Å²) in [6, 6.07) is 0. The highest BCUT2D eigenvalue weighted by atomic mass is 16.5. The Labute approximate surface area is 118 Å². The molecule has 110 valence electrons. The van der Waals surface area contributed by atoms with E-state index in [9.17, 15) is 14.4 Å². The van der Waals surface area contributed by atoms with Crippen molar-refractivity contribution < 1.29 is 23.9 Å². The van der Waals surface area contributed by atoms with Gasteiger partial charge in [-0.15, -0.1) is 0 Å². The van der Waals surface area contributed by atoms with Crippen LogP contribution in [0.5, 0.6) is 0 Å². The number of ether oxygens (including phenoxy) is 2. The molecule has 1 saturated heterocycles. The lowest BCUT2D eigenvalue weighted by Gasteiger charge is -2.48. The molecule has 5 heteroatoms. The standard InChI is InChI=1S/C15H20O5/c1-5-19-13(18)15-9(2)6-10(16)7-12(15)20-14(3,4)8-11(15)17/h6,12H,5,7-8H2,1-4H3/t12?,15-/m0/s1. The zero-order valence-corrected chi connectivity index (χ0v) is 12.3. The van der Waals surface area contributed by atoms with Gasteiger partial charge in [-0.05, 0) is 39.3 Å². The molecule has 20 heavy (non-hydrogen) atoms. The van der Waals surface area contributed by atoms with Crippen LogP contribution in [0.2, 0.25) is 0 Å². The topological polar surface area (TPSA) is 69.7 Å². The van der Waals surface area contributed by atoms with E-state index < -0.39 is 23.1 Å². The van der Waals surface area contributed by atoms with E-state index in [4.69, 9.17) is 9.47 Å². The van der Waals surface area contributed by atoms with Crippen molar-refractivity contribution >= 4 is 17.5 Å². The van der Waals surface area contributed by atoms with Crippen molar-refractivity contribution in [3.63, 3.8) is 0 Å². The van der Waals surface area contributed by atoms with Crippen LogP contribution < -0.4 is 0 Å². The molecule has 0 bridgehead atoms. The van der Waals surface area contributed by atoms with Crippen LogP contribution in [0.15, 0.2) is 11.6 Å². The molecule has 0 aromatic rings. The Hall–Kier alpha value is -1.49. The van der Waals surface area contributed by atoms with E-state index in [1.807, 2.05) is 0 Å². The van der Waals surface area contributed by atoms with Gasteiger partial charge >= 0.3 is 5.97 Å². The third-order valence-corrected chi connectivity index (χ3v) is 3.95. The Bertz CT molecular complexity index is 502. The number of carbonyl (C=O) groups is 3. The Kier molecular flexibility index (Phi) is 3.58. The van der Waals surface area contributed by atoms with Crippen molar-refractivity contribution in [3.05, 3.63) is 11.6 Å². The van der Waals surface area contributed by atoms with Gasteiger partial charge < -0.3 is 9.47 Å². The van der Waals surface area contributed by atoms with E-state index in [0.29, 0.717) is 5.57 Å². The molecule has 1 fully saturated rings. The van der Waals surface area contributed by atoms with Crippen molar-refractivity contribution in [2.24, 2.45) is 5.41 Å². The van der Waals surface area contributed by atoms with Crippen LogP contribution in [0.3, 0.4) is 0 Å². The van der Waals surface area contributed by atoms with Crippen LogP contribution >= 0.6 is 0 Å². The Balaban J connectivity index is 2.55. The summed E-state index contributed by atoms with van der Waals surface area (Å²) in [6.07, 6.45) is 0.760. The summed E-state index contributed by atoms with van der Waals surface area (Å²) in [7, 11) is 0. The Morgan fingerprint density at radius 1 is 1.45 bits per heavy atom. The largest absolute Gasteiger partial charge is 0.465 e. The van der Waals surface area contributed by atoms with Crippen molar-refractivity contribution in [1.29, 1.82) is 0 Å². The van der Waals surface area contributed by atoms with E-state index in [1.165, 1.54) is 6.08 Å². The molecular formula is C15H20O5. The molecule has 0 spiro atoms. The number of fused-ring (bicyclic) bond motifs is 1. The van der Waals surface area contributed by atoms with E-state index >= 15 is 0 Å². The predicted octanol–water partition coefficient (Wildman–Crippen LogP) is 1.59. The van der Waals surface area contributed by atoms with Gasteiger partial charge in [0, 0.05) is 12.8 Å². The van der Waals surface area contributed by atoms with E-state index in [2.05, 4.69) is 0 Å². The van der Waals surface area contributed by atoms with Gasteiger partial charge in [-0.1, -0.05) is 0 Å². The number of Topliss-reactive ketones (excluding diaryl/α,β-unsaturated/α-hetero) is 1. The lowest BCUT2D eigenvalue weighted by Crippen LogP contribution is -2.61. The molecule has 2 rings (SSSR count). The third kappa shape index (κ3) is 2.10. The molecule has 2 atom stereocenters. The maximum absolute atomic E-state index is 12.7. The SMILES string of the molecule is CCOC(=O)[C@@]12C(=O)CC(C)(C)OC1CC(=O)C=C2C. The molecule has 0 N–H and O–H groups in total. The number of hydrogen-bond acceptors (Lipinski definition) is 5. The fourth-order valence-electron chi connectivity index (χ4n) is 3.14. The fourth-order valence-corrected chi connectivity index (χ4v) is 3.14. The number of ketones is 2. The summed E-state index contributed by atoms with van der Waals surface area (Å²) in [4.78, 5) is 36.8. The predicted molar refractivity (Wildman–Crippen MR) is 71.0 cm³/mol. The maximum atomic E-state index is 12.7. The van der Waals surface area contributed by atoms with Gasteiger partial charge in [-0.3, -0.25) is 14.4 Å². The molecule has 2 aliphatic rings. The maximum Gasteiger partial charge on any atom is 0.326 e. The summed E-state index contributed by atoms with van der Waals surface area (Å²) in [5, 5.41) is 0. The molecule has 0 aromatic carbocycles. The quantitative estimate of drug-likeness (QED) is 0.567. The second kappa shape index (κ2) is 4.81. The summed E-state index contributed by atoms with van der Waals surface area (Å²) in [6.45, 7) is 7.08. The minimum absolute atomic E-state index is 0.0331. The van der Waals surface area contributed by atoms with Crippen LogP contribution in [0.1, 0.15) is 40.5 Å². The monoisotopic (exact) mass is 280 g/mol. The molecule has 1 heterocycles. The van der Waals surface area contributed by atoms with Gasteiger partial charge in [0.05, 0.1) is 18.3 Å². The minimum atomic E-state index is -1.45. The molecule has 0 saturated carbocycles. The average molecular weight is 280 g/mol. The Morgan fingerprint density at radius 3 is 2.70 bits per heavy atom.